The predicted octanol–water partition coefficient (Wildman–Crippen LogP) is 3.61. The second kappa shape index (κ2) is 4.83. The van der Waals surface area contributed by atoms with Crippen molar-refractivity contribution in [2.24, 2.45) is 0 Å². The fourth-order valence-electron chi connectivity index (χ4n) is 1.89. The second-order valence-corrected chi connectivity index (χ2v) is 3.90. The maximum Gasteiger partial charge on any atom is 0.335 e. The van der Waals surface area contributed by atoms with E-state index in [2.05, 4.69) is 0 Å². The van der Waals surface area contributed by atoms with Gasteiger partial charge < -0.3 is 5.11 Å². The normalized spacial score (nSPS) is 10.2. The Kier molecular flexibility index (Phi) is 3.24. The van der Waals surface area contributed by atoms with Crippen molar-refractivity contribution in [1.82, 2.24) is 0 Å². The van der Waals surface area contributed by atoms with Crippen molar-refractivity contribution in [1.29, 1.82) is 0 Å². The van der Waals surface area contributed by atoms with E-state index in [0.717, 1.165) is 23.1 Å². The Balaban J connectivity index is 2.51. The molecule has 2 aromatic carbocycles. The van der Waals surface area contributed by atoms with Gasteiger partial charge in [0.25, 0.3) is 0 Å². The van der Waals surface area contributed by atoms with Gasteiger partial charge in [0, 0.05) is 0 Å². The first-order valence-corrected chi connectivity index (χ1v) is 5.64. The fraction of sp³-hybridized carbons (Fsp3) is 0.133. The Morgan fingerprint density at radius 1 is 1.06 bits per heavy atom. The van der Waals surface area contributed by atoms with Gasteiger partial charge in [0.05, 0.1) is 5.56 Å². The number of carboxylic acids is 1. The summed E-state index contributed by atoms with van der Waals surface area (Å²) in [4.78, 5) is 11.2. The zero-order valence-corrected chi connectivity index (χ0v) is 9.68. The summed E-state index contributed by atoms with van der Waals surface area (Å²) in [6.45, 7) is 1.96. The molecule has 0 fully saturated rings. The van der Waals surface area contributed by atoms with Crippen LogP contribution in [0.2, 0.25) is 0 Å². The smallest absolute Gasteiger partial charge is 0.335 e. The van der Waals surface area contributed by atoms with E-state index in [9.17, 15) is 4.79 Å². The average molecular weight is 226 g/mol. The molecule has 2 nitrogen and oxygen atoms in total. The molecule has 0 bridgehead atoms. The van der Waals surface area contributed by atoms with E-state index in [1.165, 1.54) is 0 Å². The largest absolute Gasteiger partial charge is 0.478 e. The summed E-state index contributed by atoms with van der Waals surface area (Å²) >= 11 is 0. The molecular formula is C15H14O2. The van der Waals surface area contributed by atoms with E-state index < -0.39 is 5.97 Å². The van der Waals surface area contributed by atoms with Crippen LogP contribution in [0.5, 0.6) is 0 Å². The predicted molar refractivity (Wildman–Crippen MR) is 68.2 cm³/mol. The first-order chi connectivity index (χ1) is 8.22. The van der Waals surface area contributed by atoms with Gasteiger partial charge in [-0.25, -0.2) is 4.79 Å². The van der Waals surface area contributed by atoms with Crippen LogP contribution in [0.4, 0.5) is 0 Å². The van der Waals surface area contributed by atoms with Crippen LogP contribution in [0.25, 0.3) is 11.1 Å². The fourth-order valence-corrected chi connectivity index (χ4v) is 1.89. The van der Waals surface area contributed by atoms with Gasteiger partial charge >= 0.3 is 5.97 Å². The molecule has 0 aliphatic heterocycles. The molecule has 0 aromatic heterocycles. The van der Waals surface area contributed by atoms with Gasteiger partial charge in [-0.1, -0.05) is 49.4 Å². The van der Waals surface area contributed by atoms with Crippen LogP contribution in [-0.2, 0) is 6.42 Å². The van der Waals surface area contributed by atoms with Crippen LogP contribution < -0.4 is 0 Å². The number of carboxylic acid groups (broad SMARTS) is 1. The first-order valence-electron chi connectivity index (χ1n) is 5.64. The minimum Gasteiger partial charge on any atom is -0.478 e. The van der Waals surface area contributed by atoms with E-state index in [1.807, 2.05) is 49.4 Å². The summed E-state index contributed by atoms with van der Waals surface area (Å²) in [5, 5.41) is 9.17. The van der Waals surface area contributed by atoms with Gasteiger partial charge in [-0.05, 0) is 29.2 Å². The quantitative estimate of drug-likeness (QED) is 0.868. The summed E-state index contributed by atoms with van der Waals surface area (Å²) in [7, 11) is 0. The molecule has 1 N–H and O–H groups in total. The molecule has 2 aromatic rings. The van der Waals surface area contributed by atoms with Gasteiger partial charge in [-0.15, -0.1) is 0 Å². The molecule has 2 heteroatoms. The number of aromatic carboxylic acids is 1. The molecule has 0 aliphatic carbocycles. The third kappa shape index (κ3) is 2.36. The lowest BCUT2D eigenvalue weighted by atomic mass is 9.98. The van der Waals surface area contributed by atoms with E-state index >= 15 is 0 Å². The summed E-state index contributed by atoms with van der Waals surface area (Å²) < 4.78 is 0. The maximum atomic E-state index is 11.2. The molecule has 0 aliphatic rings. The Morgan fingerprint density at radius 3 is 2.35 bits per heavy atom. The molecule has 0 atom stereocenters. The van der Waals surface area contributed by atoms with Crippen LogP contribution in [0.3, 0.4) is 0 Å². The molecule has 0 radical (unpaired) electrons. The monoisotopic (exact) mass is 226 g/mol. The number of rotatable bonds is 3. The topological polar surface area (TPSA) is 37.3 Å². The number of hydrogen-bond donors (Lipinski definition) is 1. The van der Waals surface area contributed by atoms with Crippen LogP contribution in [0.15, 0.2) is 48.5 Å². The molecule has 0 saturated carbocycles. The molecule has 86 valence electrons. The molecule has 0 unspecified atom stereocenters. The third-order valence-electron chi connectivity index (χ3n) is 2.83. The summed E-state index contributed by atoms with van der Waals surface area (Å²) in [5.41, 5.74) is 3.25. The van der Waals surface area contributed by atoms with Crippen molar-refractivity contribution < 1.29 is 9.90 Å². The van der Waals surface area contributed by atoms with Gasteiger partial charge in [-0.3, -0.25) is 0 Å². The molecule has 0 amide bonds. The Labute approximate surface area is 101 Å². The minimum absolute atomic E-state index is 0.397. The third-order valence-corrected chi connectivity index (χ3v) is 2.83. The SMILES string of the molecule is CCc1ccc(-c2ccccc2)cc1C(=O)O. The maximum absolute atomic E-state index is 11.2. The van der Waals surface area contributed by atoms with E-state index in [-0.39, 0.29) is 0 Å². The standard InChI is InChI=1S/C15H14O2/c1-2-11-8-9-13(10-14(11)15(16)17)12-6-4-3-5-7-12/h3-10H,2H2,1H3,(H,16,17). The summed E-state index contributed by atoms with van der Waals surface area (Å²) in [5.74, 6) is -0.861. The number of carbonyl (C=O) groups is 1. The van der Waals surface area contributed by atoms with Crippen LogP contribution in [0, 0.1) is 0 Å². The van der Waals surface area contributed by atoms with Crippen molar-refractivity contribution in [3.8, 4) is 11.1 Å². The lowest BCUT2D eigenvalue weighted by Gasteiger charge is -2.07. The second-order valence-electron chi connectivity index (χ2n) is 3.90. The molecule has 0 heterocycles. The Hall–Kier alpha value is -2.09. The molecule has 2 rings (SSSR count). The summed E-state index contributed by atoms with van der Waals surface area (Å²) in [6, 6.07) is 15.4. The highest BCUT2D eigenvalue weighted by molar-refractivity contribution is 5.91. The number of benzene rings is 2. The first kappa shape index (κ1) is 11.4. The van der Waals surface area contributed by atoms with Gasteiger partial charge in [-0.2, -0.15) is 0 Å². The van der Waals surface area contributed by atoms with Crippen molar-refractivity contribution >= 4 is 5.97 Å². The van der Waals surface area contributed by atoms with Crippen LogP contribution in [-0.4, -0.2) is 11.1 Å². The van der Waals surface area contributed by atoms with Crippen molar-refractivity contribution in [3.05, 3.63) is 59.7 Å². The molecular weight excluding hydrogens is 212 g/mol. The lowest BCUT2D eigenvalue weighted by Crippen LogP contribution is -2.01. The van der Waals surface area contributed by atoms with Crippen molar-refractivity contribution in [2.45, 2.75) is 13.3 Å². The minimum atomic E-state index is -0.861. The number of aryl methyl sites for hydroxylation is 1. The zero-order chi connectivity index (χ0) is 12.3. The zero-order valence-electron chi connectivity index (χ0n) is 9.68. The highest BCUT2D eigenvalue weighted by atomic mass is 16.4. The van der Waals surface area contributed by atoms with Crippen molar-refractivity contribution in [2.75, 3.05) is 0 Å². The van der Waals surface area contributed by atoms with Crippen LogP contribution >= 0.6 is 0 Å². The van der Waals surface area contributed by atoms with E-state index in [1.54, 1.807) is 6.07 Å². The van der Waals surface area contributed by atoms with Crippen molar-refractivity contribution in [3.63, 3.8) is 0 Å². The van der Waals surface area contributed by atoms with Gasteiger partial charge in [0.1, 0.15) is 0 Å². The Morgan fingerprint density at radius 2 is 1.76 bits per heavy atom. The highest BCUT2D eigenvalue weighted by Crippen LogP contribution is 2.22. The molecule has 0 spiro atoms. The van der Waals surface area contributed by atoms with Gasteiger partial charge in [0.15, 0.2) is 0 Å². The van der Waals surface area contributed by atoms with Gasteiger partial charge in [0.2, 0.25) is 0 Å². The molecule has 17 heavy (non-hydrogen) atoms. The summed E-state index contributed by atoms with van der Waals surface area (Å²) in [6.07, 6.45) is 0.733. The highest BCUT2D eigenvalue weighted by Gasteiger charge is 2.10. The molecule has 0 saturated heterocycles. The Bertz CT molecular complexity index is 530. The lowest BCUT2D eigenvalue weighted by molar-refractivity contribution is 0.0696. The van der Waals surface area contributed by atoms with E-state index in [0.29, 0.717) is 5.56 Å². The average Bonchev–Trinajstić information content (AvgIpc) is 2.39. The van der Waals surface area contributed by atoms with E-state index in [4.69, 9.17) is 5.11 Å². The number of hydrogen-bond acceptors (Lipinski definition) is 1. The van der Waals surface area contributed by atoms with Crippen LogP contribution in [0.1, 0.15) is 22.8 Å².